The van der Waals surface area contributed by atoms with Crippen molar-refractivity contribution < 1.29 is 4.79 Å². The van der Waals surface area contributed by atoms with E-state index in [2.05, 4.69) is 27.1 Å². The third kappa shape index (κ3) is 3.78. The minimum absolute atomic E-state index is 0.106. The van der Waals surface area contributed by atoms with Crippen LogP contribution in [0.25, 0.3) is 0 Å². The molecule has 5 nitrogen and oxygen atoms in total. The van der Waals surface area contributed by atoms with Crippen molar-refractivity contribution in [3.8, 4) is 0 Å². The molecule has 0 aliphatic carbocycles. The molecular weight excluding hydrogens is 308 g/mol. The Kier molecular flexibility index (Phi) is 4.73. The van der Waals surface area contributed by atoms with Gasteiger partial charge in [-0.15, -0.1) is 0 Å². The maximum Gasteiger partial charge on any atom is 0.257 e. The first-order valence-corrected chi connectivity index (χ1v) is 8.07. The van der Waals surface area contributed by atoms with Crippen LogP contribution in [0.2, 0.25) is 0 Å². The summed E-state index contributed by atoms with van der Waals surface area (Å²) in [5, 5.41) is 2.92. The maximum atomic E-state index is 12.6. The van der Waals surface area contributed by atoms with Crippen LogP contribution in [-0.2, 0) is 0 Å². The first kappa shape index (κ1) is 15.7. The molecule has 1 saturated heterocycles. The summed E-state index contributed by atoms with van der Waals surface area (Å²) < 4.78 is 0.640. The van der Waals surface area contributed by atoms with E-state index in [0.29, 0.717) is 15.9 Å². The highest BCUT2D eigenvalue weighted by Crippen LogP contribution is 2.22. The number of carbonyl (C=O) groups is 1. The Morgan fingerprint density at radius 2 is 1.87 bits per heavy atom. The number of pyridine rings is 1. The predicted octanol–water partition coefficient (Wildman–Crippen LogP) is 2.75. The van der Waals surface area contributed by atoms with Gasteiger partial charge in [0.25, 0.3) is 5.91 Å². The van der Waals surface area contributed by atoms with Gasteiger partial charge in [0.15, 0.2) is 0 Å². The summed E-state index contributed by atoms with van der Waals surface area (Å²) in [4.78, 5) is 20.1. The number of nitrogens with zero attached hydrogens (tertiary/aromatic N) is 2. The number of carbonyl (C=O) groups excluding carboxylic acids is 1. The lowest BCUT2D eigenvalue weighted by Crippen LogP contribution is -2.45. The minimum Gasteiger partial charge on any atom is -0.368 e. The molecule has 0 atom stereocenters. The van der Waals surface area contributed by atoms with Gasteiger partial charge in [0.1, 0.15) is 4.64 Å². The van der Waals surface area contributed by atoms with E-state index in [9.17, 15) is 4.79 Å². The van der Waals surface area contributed by atoms with Crippen molar-refractivity contribution >= 4 is 29.5 Å². The van der Waals surface area contributed by atoms with E-state index in [0.717, 1.165) is 31.9 Å². The van der Waals surface area contributed by atoms with Gasteiger partial charge in [-0.2, -0.15) is 0 Å². The van der Waals surface area contributed by atoms with E-state index >= 15 is 0 Å². The number of H-pyrrole nitrogens is 1. The Balaban J connectivity index is 1.80. The van der Waals surface area contributed by atoms with E-state index in [1.807, 2.05) is 24.3 Å². The number of nitrogens with one attached hydrogen (secondary N) is 2. The van der Waals surface area contributed by atoms with Gasteiger partial charge in [0, 0.05) is 38.1 Å². The fraction of sp³-hybridized carbons (Fsp3) is 0.294. The molecule has 0 spiro atoms. The molecule has 2 heterocycles. The number of aromatic nitrogens is 1. The van der Waals surface area contributed by atoms with Gasteiger partial charge >= 0.3 is 0 Å². The van der Waals surface area contributed by atoms with Crippen molar-refractivity contribution in [2.24, 2.45) is 0 Å². The van der Waals surface area contributed by atoms with Crippen molar-refractivity contribution in [1.29, 1.82) is 0 Å². The standard InChI is InChI=1S/C17H20N4OS/c1-20-8-10-21(11-9-20)15-5-3-2-4-14(15)17(22)19-13-6-7-16(23)18-12-13/h2-7,12H,8-11H2,1H3,(H,18,23)(H,19,22). The molecule has 1 fully saturated rings. The fourth-order valence-corrected chi connectivity index (χ4v) is 2.80. The number of hydrogen-bond donors (Lipinski definition) is 2. The van der Waals surface area contributed by atoms with Crippen LogP contribution >= 0.6 is 12.2 Å². The average Bonchev–Trinajstić information content (AvgIpc) is 2.58. The van der Waals surface area contributed by atoms with E-state index in [1.54, 1.807) is 18.3 Å². The highest BCUT2D eigenvalue weighted by molar-refractivity contribution is 7.71. The van der Waals surface area contributed by atoms with Gasteiger partial charge in [-0.1, -0.05) is 24.4 Å². The zero-order valence-electron chi connectivity index (χ0n) is 13.1. The summed E-state index contributed by atoms with van der Waals surface area (Å²) >= 11 is 5.02. The molecule has 2 aromatic rings. The molecule has 23 heavy (non-hydrogen) atoms. The number of hydrogen-bond acceptors (Lipinski definition) is 4. The van der Waals surface area contributed by atoms with Crippen LogP contribution in [0.4, 0.5) is 11.4 Å². The summed E-state index contributed by atoms with van der Waals surface area (Å²) in [6.45, 7) is 3.87. The number of rotatable bonds is 3. The highest BCUT2D eigenvalue weighted by Gasteiger charge is 2.19. The Bertz CT molecular complexity index is 730. The number of amides is 1. The zero-order valence-corrected chi connectivity index (χ0v) is 13.9. The van der Waals surface area contributed by atoms with Crippen molar-refractivity contribution in [3.63, 3.8) is 0 Å². The van der Waals surface area contributed by atoms with E-state index in [-0.39, 0.29) is 5.91 Å². The molecule has 1 aliphatic heterocycles. The third-order valence-electron chi connectivity index (χ3n) is 4.03. The van der Waals surface area contributed by atoms with Gasteiger partial charge in [-0.05, 0) is 31.3 Å². The topological polar surface area (TPSA) is 51.4 Å². The summed E-state index contributed by atoms with van der Waals surface area (Å²) in [5.74, 6) is -0.106. The number of piperazine rings is 1. The number of para-hydroxylation sites is 1. The van der Waals surface area contributed by atoms with E-state index in [1.165, 1.54) is 0 Å². The average molecular weight is 328 g/mol. The summed E-state index contributed by atoms with van der Waals surface area (Å²) in [6, 6.07) is 11.3. The van der Waals surface area contributed by atoms with Crippen molar-refractivity contribution in [1.82, 2.24) is 9.88 Å². The minimum atomic E-state index is -0.106. The lowest BCUT2D eigenvalue weighted by Gasteiger charge is -2.35. The molecular formula is C17H20N4OS. The molecule has 1 aromatic heterocycles. The highest BCUT2D eigenvalue weighted by atomic mass is 32.1. The van der Waals surface area contributed by atoms with Crippen LogP contribution in [0, 0.1) is 4.64 Å². The lowest BCUT2D eigenvalue weighted by atomic mass is 10.1. The van der Waals surface area contributed by atoms with Gasteiger partial charge in [-0.3, -0.25) is 4.79 Å². The molecule has 1 aromatic carbocycles. The number of aromatic amines is 1. The molecule has 1 aliphatic rings. The number of likely N-dealkylation sites (N-methyl/N-ethyl adjacent to an activating group) is 1. The molecule has 0 bridgehead atoms. The second-order valence-electron chi connectivity index (χ2n) is 5.70. The van der Waals surface area contributed by atoms with Crippen LogP contribution in [0.15, 0.2) is 42.6 Å². The zero-order chi connectivity index (χ0) is 16.2. The van der Waals surface area contributed by atoms with Gasteiger partial charge in [-0.25, -0.2) is 0 Å². The Labute approximate surface area is 140 Å². The van der Waals surface area contributed by atoms with Crippen LogP contribution in [0.1, 0.15) is 10.4 Å². The van der Waals surface area contributed by atoms with Crippen molar-refractivity contribution in [2.75, 3.05) is 43.4 Å². The molecule has 0 radical (unpaired) electrons. The quantitative estimate of drug-likeness (QED) is 0.851. The normalized spacial score (nSPS) is 15.4. The summed E-state index contributed by atoms with van der Waals surface area (Å²) in [6.07, 6.45) is 1.71. The van der Waals surface area contributed by atoms with Crippen LogP contribution < -0.4 is 10.2 Å². The van der Waals surface area contributed by atoms with Crippen LogP contribution in [-0.4, -0.2) is 49.0 Å². The first-order chi connectivity index (χ1) is 11.1. The van der Waals surface area contributed by atoms with Crippen molar-refractivity contribution in [2.45, 2.75) is 0 Å². The summed E-state index contributed by atoms with van der Waals surface area (Å²) in [7, 11) is 2.12. The second-order valence-corrected chi connectivity index (χ2v) is 6.14. The molecule has 120 valence electrons. The fourth-order valence-electron chi connectivity index (χ4n) is 2.68. The van der Waals surface area contributed by atoms with Gasteiger partial charge in [0.05, 0.1) is 11.3 Å². The molecule has 1 amide bonds. The molecule has 0 saturated carbocycles. The van der Waals surface area contributed by atoms with Crippen molar-refractivity contribution in [3.05, 3.63) is 52.8 Å². The first-order valence-electron chi connectivity index (χ1n) is 7.66. The maximum absolute atomic E-state index is 12.6. The Morgan fingerprint density at radius 3 is 2.57 bits per heavy atom. The van der Waals surface area contributed by atoms with E-state index < -0.39 is 0 Å². The largest absolute Gasteiger partial charge is 0.368 e. The second kappa shape index (κ2) is 6.93. The smallest absolute Gasteiger partial charge is 0.257 e. The van der Waals surface area contributed by atoms with Gasteiger partial charge < -0.3 is 20.1 Å². The Hall–Kier alpha value is -2.18. The number of anilines is 2. The molecule has 0 unspecified atom stereocenters. The molecule has 3 rings (SSSR count). The molecule has 2 N–H and O–H groups in total. The third-order valence-corrected chi connectivity index (χ3v) is 4.29. The Morgan fingerprint density at radius 1 is 1.13 bits per heavy atom. The van der Waals surface area contributed by atoms with Gasteiger partial charge in [0.2, 0.25) is 0 Å². The lowest BCUT2D eigenvalue weighted by molar-refractivity contribution is 0.102. The monoisotopic (exact) mass is 328 g/mol. The predicted molar refractivity (Wildman–Crippen MR) is 95.7 cm³/mol. The van der Waals surface area contributed by atoms with Crippen LogP contribution in [0.5, 0.6) is 0 Å². The summed E-state index contributed by atoms with van der Waals surface area (Å²) in [5.41, 5.74) is 2.39. The van der Waals surface area contributed by atoms with E-state index in [4.69, 9.17) is 12.2 Å². The SMILES string of the molecule is CN1CCN(c2ccccc2C(=O)Nc2ccc(=S)[nH]c2)CC1. The van der Waals surface area contributed by atoms with Crippen LogP contribution in [0.3, 0.4) is 0 Å². The molecule has 6 heteroatoms. The number of benzene rings is 1.